The molecule has 8 heterocycles. The van der Waals surface area contributed by atoms with Crippen molar-refractivity contribution in [3.05, 3.63) is 71.8 Å². The van der Waals surface area contributed by atoms with Gasteiger partial charge in [-0.05, 0) is 54.3 Å². The van der Waals surface area contributed by atoms with Gasteiger partial charge in [0.05, 0.1) is 42.6 Å². The standard InChI is InChI=1S/C35H36N10O5S/c1-51(47,48)35(6-7-35)28-22-3-9-37-32(25-5-11-39-43-25)30(22)41-34(45-14-18-50-19-15-45)27(28)33(46)23-20-26(44-12-16-49-17-13-44)40-29-21(23)2-8-36-31(29)24-4-10-38-42-24/h2-5,8-11,20,33,46H,6-7,12-19H2,1H3,(H,38,42)(H,39,43). The van der Waals surface area contributed by atoms with Crippen LogP contribution in [0.1, 0.15) is 35.6 Å². The van der Waals surface area contributed by atoms with Crippen molar-refractivity contribution in [1.82, 2.24) is 40.3 Å². The number of pyridine rings is 4. The van der Waals surface area contributed by atoms with Crippen LogP contribution in [0.25, 0.3) is 44.6 Å². The predicted octanol–water partition coefficient (Wildman–Crippen LogP) is 3.14. The minimum Gasteiger partial charge on any atom is -0.383 e. The largest absolute Gasteiger partial charge is 0.383 e. The maximum atomic E-state index is 13.9. The van der Waals surface area contributed by atoms with Crippen molar-refractivity contribution < 1.29 is 23.0 Å². The van der Waals surface area contributed by atoms with Crippen LogP contribution in [0.2, 0.25) is 0 Å². The SMILES string of the molecule is CS(=O)(=O)C1(c2c(C(O)c3cc(N4CCOCC4)nc4c(-c5ccn[nH]5)nccc34)c(N3CCOCC3)nc3c(-c4ccn[nH]4)nccc23)CC1. The van der Waals surface area contributed by atoms with E-state index >= 15 is 0 Å². The fourth-order valence-corrected chi connectivity index (χ4v) is 8.98. The molecule has 6 aromatic rings. The van der Waals surface area contributed by atoms with Gasteiger partial charge < -0.3 is 24.4 Å². The molecule has 6 aromatic heterocycles. The zero-order valence-electron chi connectivity index (χ0n) is 27.9. The van der Waals surface area contributed by atoms with Crippen LogP contribution in [0.4, 0.5) is 11.6 Å². The Balaban J connectivity index is 1.37. The molecule has 16 heteroatoms. The second-order valence-electron chi connectivity index (χ2n) is 13.2. The first-order valence-corrected chi connectivity index (χ1v) is 18.9. The summed E-state index contributed by atoms with van der Waals surface area (Å²) < 4.78 is 38.0. The average Bonchev–Trinajstić information content (AvgIpc) is 3.50. The maximum Gasteiger partial charge on any atom is 0.157 e. The van der Waals surface area contributed by atoms with Crippen LogP contribution in [0, 0.1) is 0 Å². The Morgan fingerprint density at radius 3 is 1.90 bits per heavy atom. The molecule has 3 N–H and O–H groups in total. The van der Waals surface area contributed by atoms with Crippen LogP contribution < -0.4 is 9.80 Å². The van der Waals surface area contributed by atoms with E-state index in [0.29, 0.717) is 138 Å². The minimum absolute atomic E-state index is 0.416. The van der Waals surface area contributed by atoms with E-state index in [1.807, 2.05) is 30.3 Å². The summed E-state index contributed by atoms with van der Waals surface area (Å²) in [6, 6.07) is 9.21. The molecular formula is C35H36N10O5S. The van der Waals surface area contributed by atoms with E-state index in [1.54, 1.807) is 24.8 Å². The molecule has 1 unspecified atom stereocenters. The van der Waals surface area contributed by atoms with E-state index in [4.69, 9.17) is 19.4 Å². The van der Waals surface area contributed by atoms with Crippen molar-refractivity contribution in [1.29, 1.82) is 0 Å². The topological polar surface area (TPSA) is 188 Å². The number of H-pyrrole nitrogens is 2. The smallest absolute Gasteiger partial charge is 0.157 e. The van der Waals surface area contributed by atoms with Gasteiger partial charge >= 0.3 is 0 Å². The van der Waals surface area contributed by atoms with Crippen molar-refractivity contribution >= 4 is 43.3 Å². The third-order valence-electron chi connectivity index (χ3n) is 10.3. The van der Waals surface area contributed by atoms with Gasteiger partial charge in [0, 0.05) is 73.6 Å². The van der Waals surface area contributed by atoms with Gasteiger partial charge in [0.2, 0.25) is 0 Å². The molecule has 262 valence electrons. The van der Waals surface area contributed by atoms with Gasteiger partial charge in [-0.2, -0.15) is 10.2 Å². The highest BCUT2D eigenvalue weighted by molar-refractivity contribution is 7.92. The van der Waals surface area contributed by atoms with E-state index in [1.165, 1.54) is 6.26 Å². The fourth-order valence-electron chi connectivity index (χ4n) is 7.55. The molecule has 2 saturated heterocycles. The van der Waals surface area contributed by atoms with Crippen LogP contribution in [-0.2, 0) is 24.1 Å². The number of ether oxygens (including phenoxy) is 2. The Morgan fingerprint density at radius 2 is 1.35 bits per heavy atom. The van der Waals surface area contributed by atoms with E-state index in [-0.39, 0.29) is 0 Å². The van der Waals surface area contributed by atoms with Crippen LogP contribution in [0.3, 0.4) is 0 Å². The minimum atomic E-state index is -3.67. The van der Waals surface area contributed by atoms with Crippen LogP contribution >= 0.6 is 0 Å². The zero-order chi connectivity index (χ0) is 34.7. The van der Waals surface area contributed by atoms with Crippen LogP contribution in [0.5, 0.6) is 0 Å². The third-order valence-corrected chi connectivity index (χ3v) is 12.3. The van der Waals surface area contributed by atoms with Crippen molar-refractivity contribution in [3.8, 4) is 22.8 Å². The molecule has 0 aromatic carbocycles. The highest BCUT2D eigenvalue weighted by atomic mass is 32.2. The van der Waals surface area contributed by atoms with Gasteiger partial charge in [0.25, 0.3) is 0 Å². The summed E-state index contributed by atoms with van der Waals surface area (Å²) in [5.74, 6) is 1.16. The summed E-state index contributed by atoms with van der Waals surface area (Å²) in [7, 11) is -3.67. The molecule has 1 saturated carbocycles. The first-order chi connectivity index (χ1) is 24.8. The summed E-state index contributed by atoms with van der Waals surface area (Å²) in [4.78, 5) is 24.0. The van der Waals surface area contributed by atoms with Crippen molar-refractivity contribution in [2.75, 3.05) is 68.7 Å². The Morgan fingerprint density at radius 1 is 0.784 bits per heavy atom. The second kappa shape index (κ2) is 12.3. The second-order valence-corrected chi connectivity index (χ2v) is 15.5. The Hall–Kier alpha value is -5.03. The lowest BCUT2D eigenvalue weighted by Gasteiger charge is -2.34. The average molecular weight is 709 g/mol. The number of nitrogens with one attached hydrogen (secondary N) is 2. The lowest BCUT2D eigenvalue weighted by molar-refractivity contribution is 0.122. The molecule has 2 aliphatic heterocycles. The molecule has 0 radical (unpaired) electrons. The third kappa shape index (κ3) is 5.32. The number of nitrogens with zero attached hydrogens (tertiary/aromatic N) is 8. The quantitative estimate of drug-likeness (QED) is 0.209. The van der Waals surface area contributed by atoms with Gasteiger partial charge in [-0.3, -0.25) is 20.2 Å². The molecule has 15 nitrogen and oxygen atoms in total. The van der Waals surface area contributed by atoms with E-state index in [2.05, 4.69) is 40.2 Å². The van der Waals surface area contributed by atoms with Crippen molar-refractivity contribution in [2.24, 2.45) is 0 Å². The number of fused-ring (bicyclic) bond motifs is 2. The summed E-state index contributed by atoms with van der Waals surface area (Å²) >= 11 is 0. The molecule has 3 aliphatic rings. The molecule has 1 atom stereocenters. The number of aliphatic hydroxyl groups is 1. The number of hydrogen-bond acceptors (Lipinski definition) is 13. The highest BCUT2D eigenvalue weighted by Crippen LogP contribution is 2.58. The van der Waals surface area contributed by atoms with Crippen molar-refractivity contribution in [2.45, 2.75) is 23.7 Å². The number of hydrogen-bond donors (Lipinski definition) is 3. The Bertz CT molecular complexity index is 2350. The molecule has 3 fully saturated rings. The monoisotopic (exact) mass is 708 g/mol. The molecular weight excluding hydrogens is 673 g/mol. The van der Waals surface area contributed by atoms with Gasteiger partial charge in [-0.1, -0.05) is 0 Å². The number of aliphatic hydroxyl groups excluding tert-OH is 1. The number of anilines is 2. The molecule has 0 bridgehead atoms. The number of aromatic nitrogens is 8. The van der Waals surface area contributed by atoms with E-state index < -0.39 is 20.7 Å². The maximum absolute atomic E-state index is 13.9. The van der Waals surface area contributed by atoms with Gasteiger partial charge in [0.15, 0.2) is 9.84 Å². The summed E-state index contributed by atoms with van der Waals surface area (Å²) in [5.41, 5.74) is 5.15. The lowest BCUT2D eigenvalue weighted by atomic mass is 9.89. The molecule has 9 rings (SSSR count). The molecule has 1 aliphatic carbocycles. The number of morpholine rings is 2. The fraction of sp³-hybridized carbons (Fsp3) is 0.371. The summed E-state index contributed by atoms with van der Waals surface area (Å²) in [5, 5.41) is 28.7. The normalized spacial score (nSPS) is 18.4. The first kappa shape index (κ1) is 31.9. The van der Waals surface area contributed by atoms with Crippen LogP contribution in [0.15, 0.2) is 55.1 Å². The van der Waals surface area contributed by atoms with Gasteiger partial charge in [-0.15, -0.1) is 0 Å². The van der Waals surface area contributed by atoms with Crippen LogP contribution in [-0.4, -0.2) is 113 Å². The zero-order valence-corrected chi connectivity index (χ0v) is 28.7. The summed E-state index contributed by atoms with van der Waals surface area (Å²) in [6.07, 6.45) is 7.46. The summed E-state index contributed by atoms with van der Waals surface area (Å²) in [6.45, 7) is 4.26. The first-order valence-electron chi connectivity index (χ1n) is 17.0. The van der Waals surface area contributed by atoms with Crippen molar-refractivity contribution in [3.63, 3.8) is 0 Å². The Labute approximate surface area is 293 Å². The highest BCUT2D eigenvalue weighted by Gasteiger charge is 2.56. The number of rotatable bonds is 8. The molecule has 51 heavy (non-hydrogen) atoms. The van der Waals surface area contributed by atoms with Gasteiger partial charge in [-0.25, -0.2) is 18.4 Å². The number of aromatic amines is 2. The molecule has 0 amide bonds. The lowest BCUT2D eigenvalue weighted by Crippen LogP contribution is -2.38. The predicted molar refractivity (Wildman–Crippen MR) is 190 cm³/mol. The molecule has 0 spiro atoms. The number of sulfone groups is 1. The Kier molecular flexibility index (Phi) is 7.72. The van der Waals surface area contributed by atoms with E-state index in [9.17, 15) is 13.5 Å². The van der Waals surface area contributed by atoms with Gasteiger partial charge in [0.1, 0.15) is 40.2 Å². The van der Waals surface area contributed by atoms with E-state index in [0.717, 1.165) is 0 Å².